The molecule has 158 valence electrons. The summed E-state index contributed by atoms with van der Waals surface area (Å²) in [7, 11) is 4.95. The van der Waals surface area contributed by atoms with Crippen molar-refractivity contribution >= 4 is 0 Å². The average molecular weight is 402 g/mol. The number of morpholine rings is 1. The van der Waals surface area contributed by atoms with E-state index >= 15 is 0 Å². The third kappa shape index (κ3) is 4.50. The number of hydrogen-bond acceptors (Lipinski definition) is 6. The molecular weight excluding hydrogens is 370 g/mol. The van der Waals surface area contributed by atoms with Crippen LogP contribution >= 0.6 is 0 Å². The first kappa shape index (κ1) is 21.4. The molecule has 0 aliphatic carbocycles. The molecule has 1 N–H and O–H groups in total. The summed E-state index contributed by atoms with van der Waals surface area (Å²) >= 11 is 0. The summed E-state index contributed by atoms with van der Waals surface area (Å²) < 4.78 is 22.2. The van der Waals surface area contributed by atoms with Gasteiger partial charge in [0, 0.05) is 13.1 Å². The number of aliphatic hydroxyl groups is 1. The Balaban J connectivity index is 1.95. The first-order valence-electron chi connectivity index (χ1n) is 9.84. The van der Waals surface area contributed by atoms with Gasteiger partial charge < -0.3 is 24.1 Å². The highest BCUT2D eigenvalue weighted by Crippen LogP contribution is 2.37. The van der Waals surface area contributed by atoms with Gasteiger partial charge >= 0.3 is 0 Å². The molecule has 2 atom stereocenters. The molecule has 1 saturated heterocycles. The van der Waals surface area contributed by atoms with Crippen LogP contribution in [0.15, 0.2) is 30.3 Å². The number of nitrogens with zero attached hydrogens (tertiary/aromatic N) is 1. The Hall–Kier alpha value is -2.28. The second kappa shape index (κ2) is 9.48. The smallest absolute Gasteiger partial charge is 0.161 e. The van der Waals surface area contributed by atoms with Crippen LogP contribution in [0.2, 0.25) is 0 Å². The second-order valence-electron chi connectivity index (χ2n) is 7.37. The maximum absolute atomic E-state index is 9.98. The lowest BCUT2D eigenvalue weighted by Crippen LogP contribution is -2.46. The van der Waals surface area contributed by atoms with E-state index in [4.69, 9.17) is 18.9 Å². The molecule has 6 nitrogen and oxygen atoms in total. The molecular formula is C23H31NO5. The van der Waals surface area contributed by atoms with Gasteiger partial charge in [-0.25, -0.2) is 0 Å². The van der Waals surface area contributed by atoms with Crippen molar-refractivity contribution in [2.45, 2.75) is 32.5 Å². The maximum Gasteiger partial charge on any atom is 0.161 e. The van der Waals surface area contributed by atoms with Gasteiger partial charge in [-0.1, -0.05) is 12.1 Å². The number of benzene rings is 2. The topological polar surface area (TPSA) is 60.4 Å². The Kier molecular flexibility index (Phi) is 7.00. The van der Waals surface area contributed by atoms with E-state index in [9.17, 15) is 5.11 Å². The Morgan fingerprint density at radius 2 is 1.69 bits per heavy atom. The van der Waals surface area contributed by atoms with Gasteiger partial charge in [0.15, 0.2) is 11.5 Å². The summed E-state index contributed by atoms with van der Waals surface area (Å²) in [5.74, 6) is 2.25. The summed E-state index contributed by atoms with van der Waals surface area (Å²) in [6, 6.07) is 10.1. The van der Waals surface area contributed by atoms with Gasteiger partial charge in [-0.2, -0.15) is 0 Å². The van der Waals surface area contributed by atoms with Crippen LogP contribution < -0.4 is 14.2 Å². The Bertz CT molecular complexity index is 838. The van der Waals surface area contributed by atoms with Crippen molar-refractivity contribution in [1.82, 2.24) is 4.90 Å². The van der Waals surface area contributed by atoms with Gasteiger partial charge in [0.2, 0.25) is 0 Å². The lowest BCUT2D eigenvalue weighted by molar-refractivity contribution is -0.0961. The minimum absolute atomic E-state index is 0.0455. The molecule has 1 aliphatic rings. The number of aryl methyl sites for hydroxylation is 2. The Labute approximate surface area is 173 Å². The SMILES string of the molecule is COc1cc(C)c(CN2CCO[C@H](CO)[C@H]2c2ccc(OC)c(OC)c2)cc1C. The number of ether oxygens (including phenoxy) is 4. The summed E-state index contributed by atoms with van der Waals surface area (Å²) in [5.41, 5.74) is 4.57. The first-order chi connectivity index (χ1) is 14.0. The summed E-state index contributed by atoms with van der Waals surface area (Å²) in [6.45, 7) is 6.24. The van der Waals surface area contributed by atoms with Crippen LogP contribution in [0.1, 0.15) is 28.3 Å². The van der Waals surface area contributed by atoms with Gasteiger partial charge in [-0.3, -0.25) is 4.90 Å². The van der Waals surface area contributed by atoms with Crippen molar-refractivity contribution < 1.29 is 24.1 Å². The molecule has 2 aromatic rings. The van der Waals surface area contributed by atoms with E-state index in [2.05, 4.69) is 30.9 Å². The molecule has 0 radical (unpaired) electrons. The van der Waals surface area contributed by atoms with E-state index in [1.165, 1.54) is 11.1 Å². The molecule has 0 amide bonds. The lowest BCUT2D eigenvalue weighted by atomic mass is 9.96. The number of aliphatic hydroxyl groups excluding tert-OH is 1. The van der Waals surface area contributed by atoms with Crippen LogP contribution in [0.25, 0.3) is 0 Å². The minimum atomic E-state index is -0.304. The van der Waals surface area contributed by atoms with Crippen LogP contribution in [-0.2, 0) is 11.3 Å². The third-order valence-electron chi connectivity index (χ3n) is 5.61. The fourth-order valence-corrected chi connectivity index (χ4v) is 4.04. The Morgan fingerprint density at radius 3 is 2.34 bits per heavy atom. The van der Waals surface area contributed by atoms with Crippen LogP contribution in [0.5, 0.6) is 17.2 Å². The highest BCUT2D eigenvalue weighted by molar-refractivity contribution is 5.45. The summed E-state index contributed by atoms with van der Waals surface area (Å²) in [6.07, 6.45) is -0.304. The minimum Gasteiger partial charge on any atom is -0.496 e. The standard InChI is InChI=1S/C23H31NO5/c1-15-11-20(27-4)16(2)10-18(15)13-24-8-9-29-22(14-25)23(24)17-6-7-19(26-3)21(12-17)28-5/h6-7,10-12,22-23,25H,8-9,13-14H2,1-5H3/t22-,23-/m1/s1. The van der Waals surface area contributed by atoms with Crippen molar-refractivity contribution in [2.75, 3.05) is 41.1 Å². The quantitative estimate of drug-likeness (QED) is 0.769. The fourth-order valence-electron chi connectivity index (χ4n) is 4.04. The van der Waals surface area contributed by atoms with Gasteiger partial charge in [0.25, 0.3) is 0 Å². The molecule has 6 heteroatoms. The summed E-state index contributed by atoms with van der Waals surface area (Å²) in [4.78, 5) is 2.36. The van der Waals surface area contributed by atoms with Crippen molar-refractivity contribution in [3.63, 3.8) is 0 Å². The molecule has 0 unspecified atom stereocenters. The van der Waals surface area contributed by atoms with Gasteiger partial charge in [-0.15, -0.1) is 0 Å². The van der Waals surface area contributed by atoms with Crippen molar-refractivity contribution in [2.24, 2.45) is 0 Å². The molecule has 0 spiro atoms. The van der Waals surface area contributed by atoms with E-state index in [0.29, 0.717) is 18.1 Å². The van der Waals surface area contributed by atoms with Crippen molar-refractivity contribution in [1.29, 1.82) is 0 Å². The zero-order chi connectivity index (χ0) is 21.0. The Morgan fingerprint density at radius 1 is 0.966 bits per heavy atom. The number of rotatable bonds is 7. The highest BCUT2D eigenvalue weighted by Gasteiger charge is 2.34. The fraction of sp³-hybridized carbons (Fsp3) is 0.478. The summed E-state index contributed by atoms with van der Waals surface area (Å²) in [5, 5.41) is 9.98. The van der Waals surface area contributed by atoms with Crippen molar-refractivity contribution in [3.05, 3.63) is 52.6 Å². The van der Waals surface area contributed by atoms with Gasteiger partial charge in [0.05, 0.1) is 40.6 Å². The van der Waals surface area contributed by atoms with Crippen LogP contribution in [0.3, 0.4) is 0 Å². The number of hydrogen-bond donors (Lipinski definition) is 1. The van der Waals surface area contributed by atoms with Crippen LogP contribution in [-0.4, -0.2) is 57.2 Å². The van der Waals surface area contributed by atoms with E-state index in [1.54, 1.807) is 21.3 Å². The second-order valence-corrected chi connectivity index (χ2v) is 7.37. The van der Waals surface area contributed by atoms with Crippen LogP contribution in [0, 0.1) is 13.8 Å². The maximum atomic E-state index is 9.98. The molecule has 1 fully saturated rings. The van der Waals surface area contributed by atoms with Gasteiger partial charge in [0.1, 0.15) is 11.9 Å². The monoisotopic (exact) mass is 401 g/mol. The average Bonchev–Trinajstić information content (AvgIpc) is 2.75. The number of methoxy groups -OCH3 is 3. The normalized spacial score (nSPS) is 19.8. The van der Waals surface area contributed by atoms with Crippen LogP contribution in [0.4, 0.5) is 0 Å². The molecule has 2 aromatic carbocycles. The van der Waals surface area contributed by atoms with E-state index in [1.807, 2.05) is 18.2 Å². The predicted octanol–water partition coefficient (Wildman–Crippen LogP) is 3.26. The molecule has 29 heavy (non-hydrogen) atoms. The predicted molar refractivity (Wildman–Crippen MR) is 112 cm³/mol. The third-order valence-corrected chi connectivity index (χ3v) is 5.61. The largest absolute Gasteiger partial charge is 0.496 e. The molecule has 0 saturated carbocycles. The van der Waals surface area contributed by atoms with Crippen molar-refractivity contribution in [3.8, 4) is 17.2 Å². The zero-order valence-electron chi connectivity index (χ0n) is 17.9. The van der Waals surface area contributed by atoms with E-state index < -0.39 is 0 Å². The molecule has 1 aliphatic heterocycles. The lowest BCUT2D eigenvalue weighted by Gasteiger charge is -2.41. The highest BCUT2D eigenvalue weighted by atomic mass is 16.5. The van der Waals surface area contributed by atoms with E-state index in [0.717, 1.165) is 30.0 Å². The van der Waals surface area contributed by atoms with Gasteiger partial charge in [-0.05, 0) is 54.3 Å². The first-order valence-corrected chi connectivity index (χ1v) is 9.84. The molecule has 1 heterocycles. The zero-order valence-corrected chi connectivity index (χ0v) is 17.9. The van der Waals surface area contributed by atoms with E-state index in [-0.39, 0.29) is 18.8 Å². The molecule has 3 rings (SSSR count). The molecule has 0 aromatic heterocycles. The molecule has 0 bridgehead atoms.